The highest BCUT2D eigenvalue weighted by molar-refractivity contribution is 5.86. The van der Waals surface area contributed by atoms with Gasteiger partial charge in [0.15, 0.2) is 0 Å². The summed E-state index contributed by atoms with van der Waals surface area (Å²) in [4.78, 5) is 29.7. The van der Waals surface area contributed by atoms with Crippen molar-refractivity contribution in [3.8, 4) is 0 Å². The van der Waals surface area contributed by atoms with Gasteiger partial charge in [-0.2, -0.15) is 0 Å². The van der Waals surface area contributed by atoms with Crippen LogP contribution in [0, 0.1) is 5.41 Å². The second-order valence-corrected chi connectivity index (χ2v) is 7.69. The molecule has 2 heterocycles. The summed E-state index contributed by atoms with van der Waals surface area (Å²) in [7, 11) is 0. The number of ether oxygens (including phenoxy) is 1. The molecule has 3 fully saturated rings. The standard InChI is InChI=1S/C19H32N2O3/c1-2-24-14-9-17(22)20-13-11-19(15-20)10-6-12-21(18(19)23)16-7-4-3-5-8-16/h16H,2-15H2,1H3/t19-/m0/s1. The maximum Gasteiger partial charge on any atom is 0.230 e. The first-order chi connectivity index (χ1) is 11.7. The van der Waals surface area contributed by atoms with Crippen molar-refractivity contribution in [3.63, 3.8) is 0 Å². The van der Waals surface area contributed by atoms with Crippen molar-refractivity contribution in [2.75, 3.05) is 32.8 Å². The molecule has 5 heteroatoms. The highest BCUT2D eigenvalue weighted by Crippen LogP contribution is 2.42. The molecule has 2 saturated heterocycles. The lowest BCUT2D eigenvalue weighted by atomic mass is 9.77. The Morgan fingerprint density at radius 1 is 1.17 bits per heavy atom. The fourth-order valence-corrected chi connectivity index (χ4v) is 4.77. The first-order valence-electron chi connectivity index (χ1n) is 9.83. The molecule has 2 aliphatic heterocycles. The van der Waals surface area contributed by atoms with E-state index in [0.717, 1.165) is 32.4 Å². The van der Waals surface area contributed by atoms with Gasteiger partial charge >= 0.3 is 0 Å². The molecule has 5 nitrogen and oxygen atoms in total. The van der Waals surface area contributed by atoms with Gasteiger partial charge in [-0.25, -0.2) is 0 Å². The predicted molar refractivity (Wildman–Crippen MR) is 92.6 cm³/mol. The van der Waals surface area contributed by atoms with Crippen molar-refractivity contribution in [2.45, 2.75) is 70.8 Å². The minimum atomic E-state index is -0.295. The van der Waals surface area contributed by atoms with Gasteiger partial charge in [-0.15, -0.1) is 0 Å². The lowest BCUT2D eigenvalue weighted by Gasteiger charge is -2.44. The molecule has 24 heavy (non-hydrogen) atoms. The molecule has 1 saturated carbocycles. The van der Waals surface area contributed by atoms with Crippen molar-refractivity contribution >= 4 is 11.8 Å². The first kappa shape index (κ1) is 17.7. The van der Waals surface area contributed by atoms with Gasteiger partial charge in [-0.1, -0.05) is 19.3 Å². The number of rotatable bonds is 5. The van der Waals surface area contributed by atoms with Crippen LogP contribution in [0.2, 0.25) is 0 Å². The van der Waals surface area contributed by atoms with Crippen molar-refractivity contribution < 1.29 is 14.3 Å². The van der Waals surface area contributed by atoms with E-state index in [4.69, 9.17) is 4.74 Å². The van der Waals surface area contributed by atoms with E-state index in [1.165, 1.54) is 32.1 Å². The molecule has 0 aromatic heterocycles. The van der Waals surface area contributed by atoms with Crippen molar-refractivity contribution in [3.05, 3.63) is 0 Å². The van der Waals surface area contributed by atoms with E-state index in [1.54, 1.807) is 0 Å². The highest BCUT2D eigenvalue weighted by Gasteiger charge is 2.50. The Morgan fingerprint density at radius 2 is 1.96 bits per heavy atom. The SMILES string of the molecule is CCOCCC(=O)N1CC[C@@]2(CCCN(C3CCCCC3)C2=O)C1. The number of piperidine rings is 1. The fraction of sp³-hybridized carbons (Fsp3) is 0.895. The fourth-order valence-electron chi connectivity index (χ4n) is 4.77. The summed E-state index contributed by atoms with van der Waals surface area (Å²) in [6.07, 6.45) is 9.46. The molecule has 3 rings (SSSR count). The van der Waals surface area contributed by atoms with Gasteiger partial charge in [0.2, 0.25) is 11.8 Å². The van der Waals surface area contributed by atoms with Crippen molar-refractivity contribution in [1.82, 2.24) is 9.80 Å². The minimum absolute atomic E-state index is 0.142. The van der Waals surface area contributed by atoms with E-state index >= 15 is 0 Å². The normalized spacial score (nSPS) is 28.8. The zero-order chi connectivity index (χ0) is 17.0. The quantitative estimate of drug-likeness (QED) is 0.725. The van der Waals surface area contributed by atoms with Crippen LogP contribution in [0.25, 0.3) is 0 Å². The van der Waals surface area contributed by atoms with E-state index in [-0.39, 0.29) is 11.3 Å². The maximum absolute atomic E-state index is 13.2. The maximum atomic E-state index is 13.2. The number of amides is 2. The van der Waals surface area contributed by atoms with Crippen molar-refractivity contribution in [1.29, 1.82) is 0 Å². The molecular formula is C19H32N2O3. The van der Waals surface area contributed by atoms with Crippen LogP contribution in [0.5, 0.6) is 0 Å². The Labute approximate surface area is 145 Å². The molecule has 136 valence electrons. The van der Waals surface area contributed by atoms with Gasteiger partial charge in [0.25, 0.3) is 0 Å². The number of carbonyl (C=O) groups is 2. The van der Waals surface area contributed by atoms with E-state index in [2.05, 4.69) is 4.90 Å². The summed E-state index contributed by atoms with van der Waals surface area (Å²) in [5, 5.41) is 0. The Hall–Kier alpha value is -1.10. The molecule has 0 radical (unpaired) electrons. The lowest BCUT2D eigenvalue weighted by Crippen LogP contribution is -2.54. The molecular weight excluding hydrogens is 304 g/mol. The Bertz CT molecular complexity index is 462. The predicted octanol–water partition coefficient (Wildman–Crippen LogP) is 2.59. The number of hydrogen-bond donors (Lipinski definition) is 0. The molecule has 0 bridgehead atoms. The van der Waals surface area contributed by atoms with Crippen molar-refractivity contribution in [2.24, 2.45) is 5.41 Å². The van der Waals surface area contributed by atoms with Gasteiger partial charge in [0.05, 0.1) is 18.4 Å². The van der Waals surface area contributed by atoms with Crippen LogP contribution in [0.1, 0.15) is 64.7 Å². The van der Waals surface area contributed by atoms with Crippen LogP contribution in [0.3, 0.4) is 0 Å². The molecule has 0 N–H and O–H groups in total. The third-order valence-corrected chi connectivity index (χ3v) is 6.16. The Morgan fingerprint density at radius 3 is 2.71 bits per heavy atom. The summed E-state index contributed by atoms with van der Waals surface area (Å²) in [5.41, 5.74) is -0.295. The zero-order valence-electron chi connectivity index (χ0n) is 15.1. The van der Waals surface area contributed by atoms with E-state index in [0.29, 0.717) is 38.1 Å². The van der Waals surface area contributed by atoms with E-state index < -0.39 is 0 Å². The summed E-state index contributed by atoms with van der Waals surface area (Å²) in [6.45, 7) is 5.35. The lowest BCUT2D eigenvalue weighted by molar-refractivity contribution is -0.149. The van der Waals surface area contributed by atoms with Crippen LogP contribution >= 0.6 is 0 Å². The number of nitrogens with zero attached hydrogens (tertiary/aromatic N) is 2. The molecule has 0 aromatic rings. The third-order valence-electron chi connectivity index (χ3n) is 6.16. The summed E-state index contributed by atoms with van der Waals surface area (Å²) >= 11 is 0. The number of hydrogen-bond acceptors (Lipinski definition) is 3. The second kappa shape index (κ2) is 7.85. The zero-order valence-corrected chi connectivity index (χ0v) is 15.1. The Balaban J connectivity index is 1.60. The molecule has 1 spiro atoms. The largest absolute Gasteiger partial charge is 0.381 e. The topological polar surface area (TPSA) is 49.9 Å². The third kappa shape index (κ3) is 3.61. The summed E-state index contributed by atoms with van der Waals surface area (Å²) < 4.78 is 5.30. The average molecular weight is 336 g/mol. The van der Waals surface area contributed by atoms with Crippen LogP contribution in [0.15, 0.2) is 0 Å². The van der Waals surface area contributed by atoms with Crippen LogP contribution < -0.4 is 0 Å². The molecule has 1 atom stereocenters. The first-order valence-corrected chi connectivity index (χ1v) is 9.83. The number of carbonyl (C=O) groups excluding carboxylic acids is 2. The molecule has 0 unspecified atom stereocenters. The highest BCUT2D eigenvalue weighted by atomic mass is 16.5. The molecule has 0 aromatic carbocycles. The van der Waals surface area contributed by atoms with Gasteiger partial charge in [-0.05, 0) is 39.0 Å². The number of likely N-dealkylation sites (tertiary alicyclic amines) is 2. The smallest absolute Gasteiger partial charge is 0.230 e. The molecule has 3 aliphatic rings. The van der Waals surface area contributed by atoms with E-state index in [9.17, 15) is 9.59 Å². The van der Waals surface area contributed by atoms with Crippen LogP contribution in [-0.2, 0) is 14.3 Å². The van der Waals surface area contributed by atoms with Gasteiger partial charge < -0.3 is 14.5 Å². The minimum Gasteiger partial charge on any atom is -0.381 e. The van der Waals surface area contributed by atoms with Crippen LogP contribution in [0.4, 0.5) is 0 Å². The van der Waals surface area contributed by atoms with Gasteiger partial charge in [-0.3, -0.25) is 9.59 Å². The van der Waals surface area contributed by atoms with E-state index in [1.807, 2.05) is 11.8 Å². The van der Waals surface area contributed by atoms with Gasteiger partial charge in [0, 0.05) is 32.3 Å². The second-order valence-electron chi connectivity index (χ2n) is 7.69. The monoisotopic (exact) mass is 336 g/mol. The van der Waals surface area contributed by atoms with Crippen LogP contribution in [-0.4, -0.2) is 60.5 Å². The average Bonchev–Trinajstić information content (AvgIpc) is 3.04. The molecule has 1 aliphatic carbocycles. The van der Waals surface area contributed by atoms with Gasteiger partial charge in [0.1, 0.15) is 0 Å². The Kier molecular flexibility index (Phi) is 5.80. The summed E-state index contributed by atoms with van der Waals surface area (Å²) in [5.74, 6) is 0.476. The summed E-state index contributed by atoms with van der Waals surface area (Å²) in [6, 6.07) is 0.450. The molecule has 2 amide bonds.